The average molecular weight is 196 g/mol. The lowest BCUT2D eigenvalue weighted by atomic mass is 9.69. The third kappa shape index (κ3) is 3.29. The lowest BCUT2D eigenvalue weighted by Gasteiger charge is -2.37. The van der Waals surface area contributed by atoms with Crippen molar-refractivity contribution in [2.75, 3.05) is 0 Å². The van der Waals surface area contributed by atoms with Crippen LogP contribution >= 0.6 is 0 Å². The molecular weight excluding hydrogens is 168 g/mol. The predicted octanol–water partition coefficient (Wildman–Crippen LogP) is 5.03. The van der Waals surface area contributed by atoms with Crippen LogP contribution in [-0.4, -0.2) is 0 Å². The Morgan fingerprint density at radius 2 is 1.79 bits per heavy atom. The largest absolute Gasteiger partial charge is 0.0651 e. The van der Waals surface area contributed by atoms with E-state index < -0.39 is 0 Å². The summed E-state index contributed by atoms with van der Waals surface area (Å²) in [6, 6.07) is 0. The van der Waals surface area contributed by atoms with E-state index in [-0.39, 0.29) is 0 Å². The van der Waals surface area contributed by atoms with Gasteiger partial charge in [0, 0.05) is 0 Å². The van der Waals surface area contributed by atoms with Crippen LogP contribution in [0.3, 0.4) is 0 Å². The lowest BCUT2D eigenvalue weighted by molar-refractivity contribution is 0.149. The summed E-state index contributed by atoms with van der Waals surface area (Å²) < 4.78 is 0. The molecule has 0 N–H and O–H groups in total. The number of rotatable bonds is 4. The van der Waals surface area contributed by atoms with Crippen LogP contribution in [0.1, 0.15) is 72.6 Å². The summed E-state index contributed by atoms with van der Waals surface area (Å²) in [5.74, 6) is 2.00. The Balaban J connectivity index is 2.29. The number of hydrogen-bond acceptors (Lipinski definition) is 0. The van der Waals surface area contributed by atoms with Crippen molar-refractivity contribution in [1.82, 2.24) is 0 Å². The Bertz CT molecular complexity index is 151. The molecule has 0 heterocycles. The molecule has 0 heteroatoms. The van der Waals surface area contributed by atoms with Crippen LogP contribution < -0.4 is 0 Å². The van der Waals surface area contributed by atoms with Gasteiger partial charge in [-0.25, -0.2) is 0 Å². The monoisotopic (exact) mass is 196 g/mol. The summed E-state index contributed by atoms with van der Waals surface area (Å²) in [5, 5.41) is 0. The van der Waals surface area contributed by atoms with Crippen molar-refractivity contribution in [3.8, 4) is 0 Å². The molecule has 1 aliphatic carbocycles. The van der Waals surface area contributed by atoms with E-state index in [0.29, 0.717) is 5.41 Å². The van der Waals surface area contributed by atoms with Gasteiger partial charge < -0.3 is 0 Å². The summed E-state index contributed by atoms with van der Waals surface area (Å²) in [6.07, 6.45) is 10.2. The van der Waals surface area contributed by atoms with Gasteiger partial charge in [-0.2, -0.15) is 0 Å². The first-order valence-electron chi connectivity index (χ1n) is 6.59. The van der Waals surface area contributed by atoms with Crippen molar-refractivity contribution in [3.63, 3.8) is 0 Å². The zero-order valence-corrected chi connectivity index (χ0v) is 10.6. The van der Waals surface area contributed by atoms with Crippen LogP contribution in [0.4, 0.5) is 0 Å². The quantitative estimate of drug-likeness (QED) is 0.591. The maximum atomic E-state index is 2.48. The Morgan fingerprint density at radius 1 is 1.21 bits per heavy atom. The maximum absolute atomic E-state index is 2.48. The van der Waals surface area contributed by atoms with E-state index in [9.17, 15) is 0 Å². The highest BCUT2D eigenvalue weighted by Crippen LogP contribution is 2.42. The van der Waals surface area contributed by atoms with E-state index in [1.54, 1.807) is 0 Å². The molecule has 0 nitrogen and oxygen atoms in total. The Hall–Kier alpha value is 0. The molecule has 0 aromatic heterocycles. The van der Waals surface area contributed by atoms with E-state index in [2.05, 4.69) is 27.7 Å². The van der Waals surface area contributed by atoms with E-state index >= 15 is 0 Å². The third-order valence-electron chi connectivity index (χ3n) is 4.60. The fraction of sp³-hybridized carbons (Fsp3) is 1.00. The van der Waals surface area contributed by atoms with Gasteiger partial charge in [0.1, 0.15) is 0 Å². The molecule has 0 bridgehead atoms. The molecule has 1 atom stereocenters. The van der Waals surface area contributed by atoms with Gasteiger partial charge in [0.15, 0.2) is 0 Å². The van der Waals surface area contributed by atoms with E-state index in [4.69, 9.17) is 0 Å². The van der Waals surface area contributed by atoms with Crippen molar-refractivity contribution < 1.29 is 0 Å². The Morgan fingerprint density at radius 3 is 2.21 bits per heavy atom. The van der Waals surface area contributed by atoms with E-state index in [1.807, 2.05) is 0 Å². The van der Waals surface area contributed by atoms with Crippen molar-refractivity contribution in [1.29, 1.82) is 0 Å². The van der Waals surface area contributed by atoms with E-state index in [0.717, 1.165) is 11.8 Å². The van der Waals surface area contributed by atoms with E-state index in [1.165, 1.54) is 44.9 Å². The maximum Gasteiger partial charge on any atom is -0.0328 e. The first kappa shape index (κ1) is 12.1. The summed E-state index contributed by atoms with van der Waals surface area (Å²) in [6.45, 7) is 9.57. The van der Waals surface area contributed by atoms with Gasteiger partial charge in [0.05, 0.1) is 0 Å². The molecule has 0 radical (unpaired) electrons. The van der Waals surface area contributed by atoms with Gasteiger partial charge in [-0.05, 0) is 49.4 Å². The molecule has 0 aromatic carbocycles. The van der Waals surface area contributed by atoms with Gasteiger partial charge in [0.2, 0.25) is 0 Å². The van der Waals surface area contributed by atoms with Gasteiger partial charge in [0.25, 0.3) is 0 Å². The fourth-order valence-electron chi connectivity index (χ4n) is 2.70. The molecule has 84 valence electrons. The topological polar surface area (TPSA) is 0 Å². The molecular formula is C14H28. The molecule has 0 amide bonds. The second kappa shape index (κ2) is 5.19. The predicted molar refractivity (Wildman–Crippen MR) is 64.4 cm³/mol. The van der Waals surface area contributed by atoms with Gasteiger partial charge in [-0.15, -0.1) is 0 Å². The zero-order chi connectivity index (χ0) is 10.6. The minimum Gasteiger partial charge on any atom is -0.0651 e. The standard InChI is InChI=1S/C14H28/c1-5-12(3)11-13-7-9-14(4,6-2)10-8-13/h12-13H,5-11H2,1-4H3. The van der Waals surface area contributed by atoms with Crippen molar-refractivity contribution in [2.45, 2.75) is 72.6 Å². The molecule has 1 unspecified atom stereocenters. The van der Waals surface area contributed by atoms with Crippen LogP contribution in [0.2, 0.25) is 0 Å². The van der Waals surface area contributed by atoms with Crippen LogP contribution in [0.5, 0.6) is 0 Å². The Labute approximate surface area is 90.5 Å². The van der Waals surface area contributed by atoms with Gasteiger partial charge in [-0.3, -0.25) is 0 Å². The second-order valence-corrected chi connectivity index (χ2v) is 5.86. The van der Waals surface area contributed by atoms with Crippen LogP contribution in [-0.2, 0) is 0 Å². The van der Waals surface area contributed by atoms with Gasteiger partial charge in [-0.1, -0.05) is 40.5 Å². The minimum atomic E-state index is 0.686. The average Bonchev–Trinajstić information content (AvgIpc) is 2.21. The highest BCUT2D eigenvalue weighted by Gasteiger charge is 2.29. The molecule has 1 saturated carbocycles. The van der Waals surface area contributed by atoms with Crippen LogP contribution in [0, 0.1) is 17.3 Å². The molecule has 14 heavy (non-hydrogen) atoms. The normalized spacial score (nSPS) is 35.6. The second-order valence-electron chi connectivity index (χ2n) is 5.86. The smallest absolute Gasteiger partial charge is 0.0328 e. The molecule has 1 fully saturated rings. The first-order chi connectivity index (χ1) is 6.59. The molecule has 0 aromatic rings. The van der Waals surface area contributed by atoms with Crippen LogP contribution in [0.15, 0.2) is 0 Å². The molecule has 0 spiro atoms. The van der Waals surface area contributed by atoms with Gasteiger partial charge >= 0.3 is 0 Å². The van der Waals surface area contributed by atoms with Crippen LogP contribution in [0.25, 0.3) is 0 Å². The molecule has 1 rings (SSSR count). The van der Waals surface area contributed by atoms with Crippen molar-refractivity contribution in [2.24, 2.45) is 17.3 Å². The number of hydrogen-bond donors (Lipinski definition) is 0. The molecule has 0 aliphatic heterocycles. The zero-order valence-electron chi connectivity index (χ0n) is 10.6. The minimum absolute atomic E-state index is 0.686. The SMILES string of the molecule is CCC(C)CC1CCC(C)(CC)CC1. The Kier molecular flexibility index (Phi) is 4.47. The summed E-state index contributed by atoms with van der Waals surface area (Å²) >= 11 is 0. The molecule has 1 aliphatic rings. The summed E-state index contributed by atoms with van der Waals surface area (Å²) in [4.78, 5) is 0. The summed E-state index contributed by atoms with van der Waals surface area (Å²) in [7, 11) is 0. The third-order valence-corrected chi connectivity index (χ3v) is 4.60. The van der Waals surface area contributed by atoms with Crippen molar-refractivity contribution in [3.05, 3.63) is 0 Å². The van der Waals surface area contributed by atoms with Crippen molar-refractivity contribution >= 4 is 0 Å². The first-order valence-corrected chi connectivity index (χ1v) is 6.59. The lowest BCUT2D eigenvalue weighted by Crippen LogP contribution is -2.24. The highest BCUT2D eigenvalue weighted by atomic mass is 14.3. The summed E-state index contributed by atoms with van der Waals surface area (Å²) in [5.41, 5.74) is 0.686. The fourth-order valence-corrected chi connectivity index (χ4v) is 2.70. The molecule has 0 saturated heterocycles. The highest BCUT2D eigenvalue weighted by molar-refractivity contribution is 4.81.